The molecule has 146 valence electrons. The van der Waals surface area contributed by atoms with Gasteiger partial charge in [0.2, 0.25) is 0 Å². The third kappa shape index (κ3) is 4.61. The number of rotatable bonds is 5. The summed E-state index contributed by atoms with van der Waals surface area (Å²) in [5.41, 5.74) is 4.24. The average Bonchev–Trinajstić information content (AvgIpc) is 3.13. The zero-order chi connectivity index (χ0) is 20.0. The molecule has 2 aromatic heterocycles. The fourth-order valence-corrected chi connectivity index (χ4v) is 3.15. The van der Waals surface area contributed by atoms with E-state index in [1.54, 1.807) is 0 Å². The first-order valence-corrected chi connectivity index (χ1v) is 9.89. The van der Waals surface area contributed by atoms with Gasteiger partial charge in [-0.1, -0.05) is 69.2 Å². The first kappa shape index (κ1) is 20.8. The van der Waals surface area contributed by atoms with Crippen LogP contribution >= 0.6 is 0 Å². The predicted molar refractivity (Wildman–Crippen MR) is 112 cm³/mol. The maximum absolute atomic E-state index is 4.70. The zero-order valence-electron chi connectivity index (χ0n) is 18.6. The normalized spacial score (nSPS) is 14.1. The van der Waals surface area contributed by atoms with Gasteiger partial charge in [-0.05, 0) is 25.0 Å². The summed E-state index contributed by atoms with van der Waals surface area (Å²) in [5.74, 6) is 1.10. The van der Waals surface area contributed by atoms with Crippen LogP contribution in [-0.2, 0) is 21.7 Å². The summed E-state index contributed by atoms with van der Waals surface area (Å²) in [6.45, 7) is 22.7. The minimum atomic E-state index is 0.0280. The molecule has 3 nitrogen and oxygen atoms in total. The first-order chi connectivity index (χ1) is 11.6. The van der Waals surface area contributed by atoms with Crippen molar-refractivity contribution in [2.45, 2.75) is 104 Å². The van der Waals surface area contributed by atoms with Gasteiger partial charge in [0.05, 0.1) is 0 Å². The van der Waals surface area contributed by atoms with Crippen molar-refractivity contribution in [2.75, 3.05) is 0 Å². The minimum Gasteiger partial charge on any atom is -0.361 e. The van der Waals surface area contributed by atoms with Crippen molar-refractivity contribution >= 4 is 0 Å². The van der Waals surface area contributed by atoms with E-state index < -0.39 is 0 Å². The quantitative estimate of drug-likeness (QED) is 0.641. The summed E-state index contributed by atoms with van der Waals surface area (Å²) in [7, 11) is 0. The average molecular weight is 358 g/mol. The van der Waals surface area contributed by atoms with E-state index in [0.29, 0.717) is 0 Å². The van der Waals surface area contributed by atoms with E-state index in [2.05, 4.69) is 91.3 Å². The highest BCUT2D eigenvalue weighted by Crippen LogP contribution is 2.36. The van der Waals surface area contributed by atoms with Crippen molar-refractivity contribution in [3.05, 3.63) is 41.2 Å². The predicted octanol–water partition coefficient (Wildman–Crippen LogP) is 6.37. The fraction of sp³-hybridized carbons (Fsp3) is 0.696. The molecule has 26 heavy (non-hydrogen) atoms. The molecule has 0 atom stereocenters. The smallest absolute Gasteiger partial charge is 0.111 e. The summed E-state index contributed by atoms with van der Waals surface area (Å²) in [6, 6.07) is 4.50. The molecule has 0 radical (unpaired) electrons. The molecule has 0 saturated carbocycles. The number of nitrogens with one attached hydrogen (secondary N) is 2. The van der Waals surface area contributed by atoms with Crippen LogP contribution in [0.15, 0.2) is 18.3 Å². The van der Waals surface area contributed by atoms with Crippen molar-refractivity contribution in [2.24, 2.45) is 0 Å². The number of aromatic amines is 2. The van der Waals surface area contributed by atoms with Crippen LogP contribution in [-0.4, -0.2) is 15.0 Å². The van der Waals surface area contributed by atoms with Crippen LogP contribution in [0.25, 0.3) is 0 Å². The molecule has 0 saturated heterocycles. The molecule has 2 N–H and O–H groups in total. The van der Waals surface area contributed by atoms with E-state index in [0.717, 1.165) is 18.7 Å². The van der Waals surface area contributed by atoms with Gasteiger partial charge in [-0.15, -0.1) is 0 Å². The summed E-state index contributed by atoms with van der Waals surface area (Å²) in [6.07, 6.45) is 4.19. The largest absolute Gasteiger partial charge is 0.361 e. The topological polar surface area (TPSA) is 44.5 Å². The van der Waals surface area contributed by atoms with E-state index in [1.165, 1.54) is 17.1 Å². The lowest BCUT2D eigenvalue weighted by Gasteiger charge is -2.30. The van der Waals surface area contributed by atoms with Gasteiger partial charge in [-0.2, -0.15) is 0 Å². The number of H-pyrrole nitrogens is 2. The van der Waals surface area contributed by atoms with Gasteiger partial charge < -0.3 is 9.97 Å². The molecule has 0 unspecified atom stereocenters. The Morgan fingerprint density at radius 3 is 1.62 bits per heavy atom. The van der Waals surface area contributed by atoms with E-state index >= 15 is 0 Å². The molecule has 0 bridgehead atoms. The third-order valence-corrected chi connectivity index (χ3v) is 5.62. The summed E-state index contributed by atoms with van der Waals surface area (Å²) < 4.78 is 0. The maximum Gasteiger partial charge on any atom is 0.111 e. The molecule has 3 heteroatoms. The van der Waals surface area contributed by atoms with Gasteiger partial charge in [0.25, 0.3) is 0 Å². The van der Waals surface area contributed by atoms with Gasteiger partial charge in [0.1, 0.15) is 5.82 Å². The van der Waals surface area contributed by atoms with E-state index in [1.807, 2.05) is 6.20 Å². The second-order valence-electron chi connectivity index (χ2n) is 11.2. The second kappa shape index (κ2) is 6.58. The molecular formula is C23H39N3. The third-order valence-electron chi connectivity index (χ3n) is 5.62. The van der Waals surface area contributed by atoms with Crippen LogP contribution in [0.4, 0.5) is 0 Å². The van der Waals surface area contributed by atoms with E-state index in [4.69, 9.17) is 4.98 Å². The Morgan fingerprint density at radius 1 is 0.654 bits per heavy atom. The van der Waals surface area contributed by atoms with E-state index in [9.17, 15) is 0 Å². The minimum absolute atomic E-state index is 0.0280. The molecule has 2 rings (SSSR count). The maximum atomic E-state index is 4.70. The molecule has 0 fully saturated rings. The lowest BCUT2D eigenvalue weighted by atomic mass is 9.77. The van der Waals surface area contributed by atoms with Crippen LogP contribution < -0.4 is 0 Å². The zero-order valence-corrected chi connectivity index (χ0v) is 18.6. The van der Waals surface area contributed by atoms with Gasteiger partial charge >= 0.3 is 0 Å². The molecular weight excluding hydrogens is 318 g/mol. The summed E-state index contributed by atoms with van der Waals surface area (Å²) in [5, 5.41) is 0. The highest BCUT2D eigenvalue weighted by molar-refractivity contribution is 5.25. The first-order valence-electron chi connectivity index (χ1n) is 9.89. The molecule has 0 aliphatic carbocycles. The van der Waals surface area contributed by atoms with E-state index in [-0.39, 0.29) is 21.7 Å². The van der Waals surface area contributed by atoms with Crippen LogP contribution in [0, 0.1) is 0 Å². The van der Waals surface area contributed by atoms with Crippen molar-refractivity contribution in [1.82, 2.24) is 15.0 Å². The van der Waals surface area contributed by atoms with Crippen molar-refractivity contribution in [1.29, 1.82) is 0 Å². The number of aromatic nitrogens is 3. The van der Waals surface area contributed by atoms with Crippen LogP contribution in [0.2, 0.25) is 0 Å². The Hall–Kier alpha value is -1.51. The molecule has 2 heterocycles. The Balaban J connectivity index is 2.12. The Kier molecular flexibility index (Phi) is 5.26. The summed E-state index contributed by atoms with van der Waals surface area (Å²) >= 11 is 0. The lowest BCUT2D eigenvalue weighted by Crippen LogP contribution is -2.26. The van der Waals surface area contributed by atoms with Crippen LogP contribution in [0.3, 0.4) is 0 Å². The molecule has 0 aliphatic rings. The van der Waals surface area contributed by atoms with Crippen molar-refractivity contribution in [3.63, 3.8) is 0 Å². The lowest BCUT2D eigenvalue weighted by molar-refractivity contribution is 0.358. The SMILES string of the molecule is CC(C)(C)c1ccc(C(C)(C)CCC(C)(C)c2ncc(C(C)(C)C)[nH]2)[nH]1. The van der Waals surface area contributed by atoms with Crippen molar-refractivity contribution < 1.29 is 0 Å². The molecule has 0 amide bonds. The molecule has 0 spiro atoms. The number of nitrogens with zero attached hydrogens (tertiary/aromatic N) is 1. The highest BCUT2D eigenvalue weighted by Gasteiger charge is 2.31. The van der Waals surface area contributed by atoms with Gasteiger partial charge in [0.15, 0.2) is 0 Å². The fourth-order valence-electron chi connectivity index (χ4n) is 3.15. The molecule has 2 aromatic rings. The van der Waals surface area contributed by atoms with Gasteiger partial charge in [-0.25, -0.2) is 4.98 Å². The van der Waals surface area contributed by atoms with Crippen molar-refractivity contribution in [3.8, 4) is 0 Å². The van der Waals surface area contributed by atoms with Crippen LogP contribution in [0.1, 0.15) is 105 Å². The standard InChI is InChI=1S/C23H39N3/c1-20(2,3)16-11-12-17(25-16)22(7,8)13-14-23(9,10)19-24-15-18(26-19)21(4,5)6/h11-12,15,25H,13-14H2,1-10H3,(H,24,26). The Labute approximate surface area is 160 Å². The monoisotopic (exact) mass is 357 g/mol. The molecule has 0 aromatic carbocycles. The number of hydrogen-bond acceptors (Lipinski definition) is 1. The number of imidazole rings is 1. The Bertz CT molecular complexity index is 666. The second-order valence-corrected chi connectivity index (χ2v) is 11.2. The summed E-state index contributed by atoms with van der Waals surface area (Å²) in [4.78, 5) is 11.9. The highest BCUT2D eigenvalue weighted by atomic mass is 14.9. The number of hydrogen-bond donors (Lipinski definition) is 2. The van der Waals surface area contributed by atoms with Gasteiger partial charge in [0, 0.05) is 44.9 Å². The van der Waals surface area contributed by atoms with Gasteiger partial charge in [-0.3, -0.25) is 0 Å². The van der Waals surface area contributed by atoms with Crippen LogP contribution in [0.5, 0.6) is 0 Å². The molecule has 0 aliphatic heterocycles. The Morgan fingerprint density at radius 2 is 1.15 bits per heavy atom.